The van der Waals surface area contributed by atoms with E-state index in [0.717, 1.165) is 0 Å². The van der Waals surface area contributed by atoms with Gasteiger partial charge in [-0.15, -0.1) is 0 Å². The first kappa shape index (κ1) is 2.80. The maximum Gasteiger partial charge on any atom is 0.0442 e. The van der Waals surface area contributed by atoms with Crippen LogP contribution in [0.25, 0.3) is 0 Å². The Labute approximate surface area is 51.3 Å². The van der Waals surface area contributed by atoms with Crippen LogP contribution in [0.2, 0.25) is 0 Å². The number of rotatable bonds is 1. The minimum absolute atomic E-state index is 0.306. The summed E-state index contributed by atoms with van der Waals surface area (Å²) in [6.07, 6.45) is 0. The fourth-order valence-corrected chi connectivity index (χ4v) is 0. The molecule has 0 saturated carbocycles. The summed E-state index contributed by atoms with van der Waals surface area (Å²) in [4.78, 5) is 0. The second-order valence-electron chi connectivity index (χ2n) is 0.499. The maximum absolute atomic E-state index is 6.82. The smallest absolute Gasteiger partial charge is 0.0442 e. The third kappa shape index (κ3) is 4.70. The van der Waals surface area contributed by atoms with E-state index in [-0.39, 0.29) is 0 Å². The van der Waals surface area contributed by atoms with E-state index in [0.29, 0.717) is 4.48 Å². The van der Waals surface area contributed by atoms with Crippen molar-refractivity contribution in [2.75, 3.05) is 5.28 Å². The molecule has 30 valence electrons. The van der Waals surface area contributed by atoms with Crippen LogP contribution in [0.3, 0.4) is 0 Å². The van der Waals surface area contributed by atoms with E-state index in [9.17, 15) is 0 Å². The van der Waals surface area contributed by atoms with Crippen LogP contribution in [0.5, 0.6) is 0 Å². The summed E-state index contributed by atoms with van der Waals surface area (Å²) in [6, 6.07) is 0. The Bertz CT molecular complexity index is 83.4. The van der Waals surface area contributed by atoms with Crippen LogP contribution < -0.4 is 0 Å². The summed E-state index contributed by atoms with van der Waals surface area (Å²) in [5.41, 5.74) is 0. The molecule has 0 atom stereocenters. The summed E-state index contributed by atoms with van der Waals surface area (Å²) in [7, 11) is 0. The van der Waals surface area contributed by atoms with Crippen LogP contribution in [0.15, 0.2) is 11.1 Å². The summed E-state index contributed by atoms with van der Waals surface area (Å²) in [5.74, 6) is 0. The van der Waals surface area contributed by atoms with Crippen LogP contribution in [-0.4, -0.2) is 5.28 Å². The van der Waals surface area contributed by atoms with Gasteiger partial charge in [0.15, 0.2) is 0 Å². The predicted octanol–water partition coefficient (Wildman–Crippen LogP) is 2.29. The van der Waals surface area contributed by atoms with Gasteiger partial charge in [0.25, 0.3) is 0 Å². The van der Waals surface area contributed by atoms with Crippen molar-refractivity contribution in [1.29, 1.82) is 0 Å². The average Bonchev–Trinajstić information content (AvgIpc) is 1.31. The molecular weight excluding hydrogens is 196 g/mol. The monoisotopic (exact) mass is 200 g/mol. The molecule has 5 heavy (non-hydrogen) atoms. The molecule has 0 aliphatic rings. The quantitative estimate of drug-likeness (QED) is 0.572. The fraction of sp³-hybridized carbons (Fsp3) is 0.333. The van der Waals surface area contributed by atoms with Gasteiger partial charge in [-0.3, -0.25) is 0 Å². The van der Waals surface area contributed by atoms with Crippen molar-refractivity contribution < 1.29 is 2.74 Å². The molecule has 0 aliphatic carbocycles. The van der Waals surface area contributed by atoms with Crippen molar-refractivity contribution in [3.05, 3.63) is 11.1 Å². The van der Waals surface area contributed by atoms with Gasteiger partial charge in [-0.2, -0.15) is 0 Å². The van der Waals surface area contributed by atoms with E-state index < -0.39 is 5.28 Å². The van der Waals surface area contributed by atoms with Crippen LogP contribution >= 0.6 is 31.9 Å². The molecule has 0 aliphatic heterocycles. The van der Waals surface area contributed by atoms with Crippen LogP contribution in [0.1, 0.15) is 2.74 Å². The molecule has 0 rings (SSSR count). The molecule has 0 heterocycles. The van der Waals surface area contributed by atoms with Crippen molar-refractivity contribution in [1.82, 2.24) is 0 Å². The van der Waals surface area contributed by atoms with Crippen molar-refractivity contribution in [3.8, 4) is 0 Å². The Hall–Kier alpha value is 0.700. The lowest BCUT2D eigenvalue weighted by Crippen LogP contribution is -1.58. The van der Waals surface area contributed by atoms with Gasteiger partial charge in [0.2, 0.25) is 0 Å². The number of halogens is 2. The Kier molecular flexibility index (Phi) is 1.63. The lowest BCUT2D eigenvalue weighted by atomic mass is 10.8. The highest BCUT2D eigenvalue weighted by atomic mass is 79.9. The predicted molar refractivity (Wildman–Crippen MR) is 31.9 cm³/mol. The first-order valence-electron chi connectivity index (χ1n) is 1.98. The van der Waals surface area contributed by atoms with Crippen LogP contribution in [-0.2, 0) is 0 Å². The molecule has 0 spiro atoms. The highest BCUT2D eigenvalue weighted by Gasteiger charge is 1.72. The molecule has 0 N–H and O–H groups in total. The van der Waals surface area contributed by atoms with Crippen molar-refractivity contribution >= 4 is 31.9 Å². The number of alkyl halides is 1. The zero-order chi connectivity index (χ0) is 6.08. The Balaban J connectivity index is 3.79. The Morgan fingerprint density at radius 1 is 2.20 bits per heavy atom. The molecular formula is C3H4Br2. The van der Waals surface area contributed by atoms with Gasteiger partial charge in [-0.1, -0.05) is 38.4 Å². The lowest BCUT2D eigenvalue weighted by Gasteiger charge is -1.74. The van der Waals surface area contributed by atoms with Crippen LogP contribution in [0.4, 0.5) is 0 Å². The zero-order valence-electron chi connectivity index (χ0n) is 4.46. The van der Waals surface area contributed by atoms with Gasteiger partial charge >= 0.3 is 0 Å². The molecule has 0 aromatic carbocycles. The molecule has 0 unspecified atom stereocenters. The topological polar surface area (TPSA) is 0 Å². The van der Waals surface area contributed by atoms with E-state index in [1.807, 2.05) is 0 Å². The van der Waals surface area contributed by atoms with Crippen molar-refractivity contribution in [2.24, 2.45) is 0 Å². The molecule has 0 amide bonds. The summed E-state index contributed by atoms with van der Waals surface area (Å²) in [6.45, 7) is 3.32. The van der Waals surface area contributed by atoms with E-state index in [1.165, 1.54) is 0 Å². The standard InChI is InChI=1S/C3H4Br2/c1-3(5)2-4/h1-2H2/i2D2. The maximum atomic E-state index is 6.82. The molecule has 0 fully saturated rings. The normalized spacial score (nSPS) is 16.4. The van der Waals surface area contributed by atoms with Crippen molar-refractivity contribution in [2.45, 2.75) is 0 Å². The van der Waals surface area contributed by atoms with E-state index >= 15 is 0 Å². The van der Waals surface area contributed by atoms with E-state index in [4.69, 9.17) is 2.74 Å². The largest absolute Gasteiger partial charge is 0.0880 e. The number of allylic oxidation sites excluding steroid dienone is 1. The highest BCUT2D eigenvalue weighted by Crippen LogP contribution is 2.02. The molecule has 0 saturated heterocycles. The van der Waals surface area contributed by atoms with Crippen molar-refractivity contribution in [3.63, 3.8) is 0 Å². The third-order valence-corrected chi connectivity index (χ3v) is 1.31. The zero-order valence-corrected chi connectivity index (χ0v) is 5.64. The van der Waals surface area contributed by atoms with Gasteiger partial charge in [-0.25, -0.2) is 0 Å². The second kappa shape index (κ2) is 2.91. The Morgan fingerprint density at radius 2 is 2.40 bits per heavy atom. The third-order valence-electron chi connectivity index (χ3n) is 0.103. The average molecular weight is 202 g/mol. The van der Waals surface area contributed by atoms with Gasteiger partial charge in [0, 0.05) is 8.02 Å². The minimum atomic E-state index is -1.47. The van der Waals surface area contributed by atoms with Gasteiger partial charge in [0.1, 0.15) is 0 Å². The van der Waals surface area contributed by atoms with Gasteiger partial charge in [0.05, 0.1) is 0 Å². The lowest BCUT2D eigenvalue weighted by molar-refractivity contribution is 1.82. The Morgan fingerprint density at radius 3 is 2.40 bits per heavy atom. The first-order valence-corrected chi connectivity index (χ1v) is 2.57. The SMILES string of the molecule is [2H]C([2H])(Br)C(=C)Br. The first-order chi connectivity index (χ1) is 2.94. The molecule has 0 aromatic rings. The highest BCUT2D eigenvalue weighted by molar-refractivity contribution is 9.13. The molecule has 2 heteroatoms. The second-order valence-corrected chi connectivity index (χ2v) is 1.85. The number of hydrogen-bond acceptors (Lipinski definition) is 0. The molecule has 0 nitrogen and oxygen atoms in total. The molecule has 0 aromatic heterocycles. The van der Waals surface area contributed by atoms with Crippen LogP contribution in [0, 0.1) is 0 Å². The molecule has 0 radical (unpaired) electrons. The van der Waals surface area contributed by atoms with E-state index in [1.54, 1.807) is 0 Å². The minimum Gasteiger partial charge on any atom is -0.0880 e. The van der Waals surface area contributed by atoms with E-state index in [2.05, 4.69) is 38.4 Å². The summed E-state index contributed by atoms with van der Waals surface area (Å²) < 4.78 is 14.0. The van der Waals surface area contributed by atoms with Gasteiger partial charge in [-0.05, 0) is 4.48 Å². The summed E-state index contributed by atoms with van der Waals surface area (Å²) in [5, 5.41) is -1.47. The number of hydrogen-bond donors (Lipinski definition) is 0. The molecule has 0 bridgehead atoms. The fourth-order valence-electron chi connectivity index (χ4n) is 0. The summed E-state index contributed by atoms with van der Waals surface area (Å²) >= 11 is 5.61. The van der Waals surface area contributed by atoms with Gasteiger partial charge < -0.3 is 0 Å².